The van der Waals surface area contributed by atoms with Gasteiger partial charge in [-0.25, -0.2) is 0 Å². The Hall–Kier alpha value is -1.11. The number of Topliss-reactive ketones (excluding diaryl/α,β-unsaturated/α-hetero) is 1. The average molecular weight is 344 g/mol. The molecule has 0 aliphatic heterocycles. The van der Waals surface area contributed by atoms with E-state index in [9.17, 15) is 4.79 Å². The second kappa shape index (κ2) is 16.4. The molecule has 0 bridgehead atoms. The van der Waals surface area contributed by atoms with Gasteiger partial charge in [0.1, 0.15) is 0 Å². The molecule has 1 nitrogen and oxygen atoms in total. The van der Waals surface area contributed by atoms with Gasteiger partial charge in [0.15, 0.2) is 5.78 Å². The second-order valence-electron chi connectivity index (χ2n) is 7.41. The highest BCUT2D eigenvalue weighted by Crippen LogP contribution is 2.14. The highest BCUT2D eigenvalue weighted by atomic mass is 16.1. The number of hydrogen-bond donors (Lipinski definition) is 0. The fourth-order valence-corrected chi connectivity index (χ4v) is 3.37. The standard InChI is InChI=1S/C24H39O/c1-2-3-4-5-6-7-8-9-10-11-12-13-14-15-19-22-24(25)23-20-17-16-18-21-23/h17-18,20-21H,2-15,19,22H2,1H3. The van der Waals surface area contributed by atoms with Crippen LogP contribution in [0.15, 0.2) is 24.3 Å². The summed E-state index contributed by atoms with van der Waals surface area (Å²) in [5.74, 6) is 0.281. The van der Waals surface area contributed by atoms with Gasteiger partial charge in [-0.1, -0.05) is 121 Å². The molecule has 0 saturated carbocycles. The molecule has 1 rings (SSSR count). The molecule has 0 atom stereocenters. The monoisotopic (exact) mass is 343 g/mol. The van der Waals surface area contributed by atoms with Crippen molar-refractivity contribution in [3.63, 3.8) is 0 Å². The zero-order valence-corrected chi connectivity index (χ0v) is 16.5. The van der Waals surface area contributed by atoms with E-state index < -0.39 is 0 Å². The largest absolute Gasteiger partial charge is 0.294 e. The fraction of sp³-hybridized carbons (Fsp3) is 0.708. The van der Waals surface area contributed by atoms with Crippen molar-refractivity contribution in [3.8, 4) is 0 Å². The lowest BCUT2D eigenvalue weighted by atomic mass is 10.0. The minimum atomic E-state index is 0.281. The number of ketones is 1. The maximum atomic E-state index is 12.0. The number of unbranched alkanes of at least 4 members (excludes halogenated alkanes) is 14. The Morgan fingerprint density at radius 2 is 1.08 bits per heavy atom. The number of hydrogen-bond acceptors (Lipinski definition) is 1. The molecule has 0 N–H and O–H groups in total. The highest BCUT2D eigenvalue weighted by molar-refractivity contribution is 5.95. The minimum absolute atomic E-state index is 0.281. The fourth-order valence-electron chi connectivity index (χ4n) is 3.37. The summed E-state index contributed by atoms with van der Waals surface area (Å²) in [7, 11) is 0. The zero-order chi connectivity index (χ0) is 18.0. The van der Waals surface area contributed by atoms with Crippen LogP contribution < -0.4 is 0 Å². The van der Waals surface area contributed by atoms with E-state index >= 15 is 0 Å². The molecule has 0 unspecified atom stereocenters. The summed E-state index contributed by atoms with van der Waals surface area (Å²) in [4.78, 5) is 12.0. The average Bonchev–Trinajstić information content (AvgIpc) is 2.65. The summed E-state index contributed by atoms with van der Waals surface area (Å²) < 4.78 is 0. The lowest BCUT2D eigenvalue weighted by Crippen LogP contribution is -1.98. The van der Waals surface area contributed by atoms with Crippen LogP contribution in [0.5, 0.6) is 0 Å². The maximum Gasteiger partial charge on any atom is 0.162 e. The Kier molecular flexibility index (Phi) is 14.4. The third-order valence-electron chi connectivity index (χ3n) is 5.05. The first kappa shape index (κ1) is 21.9. The van der Waals surface area contributed by atoms with E-state index in [0.717, 1.165) is 12.0 Å². The quantitative estimate of drug-likeness (QED) is 0.207. The normalized spacial score (nSPS) is 10.9. The van der Waals surface area contributed by atoms with E-state index in [1.165, 1.54) is 89.9 Å². The van der Waals surface area contributed by atoms with Crippen LogP contribution in [-0.4, -0.2) is 5.78 Å². The van der Waals surface area contributed by atoms with Crippen molar-refractivity contribution in [1.82, 2.24) is 0 Å². The first-order chi connectivity index (χ1) is 12.3. The molecule has 141 valence electrons. The molecule has 25 heavy (non-hydrogen) atoms. The van der Waals surface area contributed by atoms with Crippen LogP contribution in [0.25, 0.3) is 0 Å². The Morgan fingerprint density at radius 1 is 0.680 bits per heavy atom. The molecular formula is C24H39O. The third-order valence-corrected chi connectivity index (χ3v) is 5.05. The summed E-state index contributed by atoms with van der Waals surface area (Å²) in [6.07, 6.45) is 21.1. The Morgan fingerprint density at radius 3 is 1.52 bits per heavy atom. The van der Waals surface area contributed by atoms with Gasteiger partial charge in [0, 0.05) is 12.0 Å². The summed E-state index contributed by atoms with van der Waals surface area (Å²) in [5.41, 5.74) is 0.837. The van der Waals surface area contributed by atoms with E-state index in [1.54, 1.807) is 0 Å². The minimum Gasteiger partial charge on any atom is -0.294 e. The van der Waals surface area contributed by atoms with Gasteiger partial charge in [-0.05, 0) is 12.5 Å². The van der Waals surface area contributed by atoms with Crippen LogP contribution in [0.3, 0.4) is 0 Å². The summed E-state index contributed by atoms with van der Waals surface area (Å²) >= 11 is 0. The van der Waals surface area contributed by atoms with Crippen molar-refractivity contribution in [2.45, 2.75) is 110 Å². The molecule has 1 heteroatoms. The predicted octanol–water partition coefficient (Wildman–Crippen LogP) is 7.93. The Balaban J connectivity index is 1.78. The smallest absolute Gasteiger partial charge is 0.162 e. The molecular weight excluding hydrogens is 304 g/mol. The Labute approximate surface area is 156 Å². The molecule has 1 radical (unpaired) electrons. The van der Waals surface area contributed by atoms with Gasteiger partial charge in [-0.3, -0.25) is 4.79 Å². The summed E-state index contributed by atoms with van der Waals surface area (Å²) in [6, 6.07) is 10.3. The topological polar surface area (TPSA) is 17.1 Å². The van der Waals surface area contributed by atoms with Crippen LogP contribution in [0.2, 0.25) is 0 Å². The molecule has 0 heterocycles. The van der Waals surface area contributed by atoms with Crippen LogP contribution in [0, 0.1) is 6.07 Å². The van der Waals surface area contributed by atoms with E-state index in [2.05, 4.69) is 13.0 Å². The molecule has 0 aliphatic carbocycles. The SMILES string of the molecule is CCCCCCCCCCCCCCCCCC(=O)c1cc[c]cc1. The van der Waals surface area contributed by atoms with Crippen molar-refractivity contribution in [2.75, 3.05) is 0 Å². The number of benzene rings is 1. The van der Waals surface area contributed by atoms with Gasteiger partial charge in [-0.2, -0.15) is 0 Å². The van der Waals surface area contributed by atoms with Crippen LogP contribution in [-0.2, 0) is 0 Å². The molecule has 1 aromatic carbocycles. The van der Waals surface area contributed by atoms with Crippen molar-refractivity contribution in [1.29, 1.82) is 0 Å². The predicted molar refractivity (Wildman–Crippen MR) is 109 cm³/mol. The van der Waals surface area contributed by atoms with Gasteiger partial charge < -0.3 is 0 Å². The molecule has 1 aromatic rings. The van der Waals surface area contributed by atoms with Gasteiger partial charge in [-0.15, -0.1) is 0 Å². The zero-order valence-electron chi connectivity index (χ0n) is 16.5. The number of carbonyl (C=O) groups excluding carboxylic acids is 1. The van der Waals surface area contributed by atoms with E-state index in [-0.39, 0.29) is 5.78 Å². The Bertz CT molecular complexity index is 409. The van der Waals surface area contributed by atoms with Crippen molar-refractivity contribution in [2.24, 2.45) is 0 Å². The molecule has 0 aliphatic rings. The van der Waals surface area contributed by atoms with Crippen molar-refractivity contribution in [3.05, 3.63) is 35.9 Å². The lowest BCUT2D eigenvalue weighted by molar-refractivity contribution is 0.0979. The first-order valence-corrected chi connectivity index (χ1v) is 10.8. The van der Waals surface area contributed by atoms with E-state index in [4.69, 9.17) is 0 Å². The molecule has 0 fully saturated rings. The molecule has 0 amide bonds. The maximum absolute atomic E-state index is 12.0. The van der Waals surface area contributed by atoms with Crippen molar-refractivity contribution < 1.29 is 4.79 Å². The third kappa shape index (κ3) is 12.8. The van der Waals surface area contributed by atoms with E-state index in [0.29, 0.717) is 6.42 Å². The second-order valence-corrected chi connectivity index (χ2v) is 7.41. The highest BCUT2D eigenvalue weighted by Gasteiger charge is 2.04. The van der Waals surface area contributed by atoms with Crippen LogP contribution in [0.1, 0.15) is 120 Å². The van der Waals surface area contributed by atoms with E-state index in [1.807, 2.05) is 24.3 Å². The van der Waals surface area contributed by atoms with Gasteiger partial charge in [0.2, 0.25) is 0 Å². The molecule has 0 aromatic heterocycles. The lowest BCUT2D eigenvalue weighted by Gasteiger charge is -2.03. The summed E-state index contributed by atoms with van der Waals surface area (Å²) in [5, 5.41) is 0. The first-order valence-electron chi connectivity index (χ1n) is 10.8. The van der Waals surface area contributed by atoms with Crippen LogP contribution >= 0.6 is 0 Å². The van der Waals surface area contributed by atoms with Gasteiger partial charge in [0.05, 0.1) is 0 Å². The summed E-state index contributed by atoms with van der Waals surface area (Å²) in [6.45, 7) is 2.28. The molecule has 0 spiro atoms. The van der Waals surface area contributed by atoms with Crippen LogP contribution in [0.4, 0.5) is 0 Å². The number of carbonyl (C=O) groups is 1. The van der Waals surface area contributed by atoms with Crippen molar-refractivity contribution >= 4 is 5.78 Å². The number of rotatable bonds is 17. The van der Waals surface area contributed by atoms with Gasteiger partial charge in [0.25, 0.3) is 0 Å². The van der Waals surface area contributed by atoms with Gasteiger partial charge >= 0.3 is 0 Å². The molecule has 0 saturated heterocycles.